The van der Waals surface area contributed by atoms with Crippen LogP contribution in [-0.4, -0.2) is 0 Å². The molecule has 0 saturated carbocycles. The van der Waals surface area contributed by atoms with E-state index in [1.807, 2.05) is 0 Å². The Morgan fingerprint density at radius 3 is 1.41 bits per heavy atom. The van der Waals surface area contributed by atoms with E-state index >= 15 is 0 Å². The third-order valence-corrected chi connectivity index (χ3v) is 4.29. The summed E-state index contributed by atoms with van der Waals surface area (Å²) in [4.78, 5) is 0. The Labute approximate surface area is 133 Å². The Morgan fingerprint density at radius 2 is 1.00 bits per heavy atom. The lowest BCUT2D eigenvalue weighted by atomic mass is 9.80. The first-order valence-electron chi connectivity index (χ1n) is 7.84. The highest BCUT2D eigenvalue weighted by atomic mass is 14.2. The van der Waals surface area contributed by atoms with Gasteiger partial charge in [-0.25, -0.2) is 0 Å². The third kappa shape index (κ3) is 2.82. The quantitative estimate of drug-likeness (QED) is 0.534. The van der Waals surface area contributed by atoms with Gasteiger partial charge in [0.05, 0.1) is 0 Å². The minimum Gasteiger partial charge on any atom is -0.0622 e. The minimum atomic E-state index is 0.294. The molecule has 0 heteroatoms. The second-order valence-corrected chi connectivity index (χ2v) is 6.07. The van der Waals surface area contributed by atoms with Crippen molar-refractivity contribution in [2.45, 2.75) is 26.7 Å². The largest absolute Gasteiger partial charge is 0.0622 e. The zero-order chi connectivity index (χ0) is 15.5. The summed E-state index contributed by atoms with van der Waals surface area (Å²) in [7, 11) is 0. The first-order valence-corrected chi connectivity index (χ1v) is 7.84. The van der Waals surface area contributed by atoms with Crippen LogP contribution in [0.3, 0.4) is 0 Å². The molecule has 110 valence electrons. The van der Waals surface area contributed by atoms with E-state index < -0.39 is 0 Å². The van der Waals surface area contributed by atoms with Crippen LogP contribution < -0.4 is 0 Å². The van der Waals surface area contributed by atoms with E-state index in [0.29, 0.717) is 5.92 Å². The number of rotatable bonds is 3. The van der Waals surface area contributed by atoms with Gasteiger partial charge in [-0.1, -0.05) is 78.4 Å². The van der Waals surface area contributed by atoms with Gasteiger partial charge in [0, 0.05) is 5.92 Å². The van der Waals surface area contributed by atoms with Gasteiger partial charge in [-0.3, -0.25) is 0 Å². The second-order valence-electron chi connectivity index (χ2n) is 6.07. The predicted molar refractivity (Wildman–Crippen MR) is 94.5 cm³/mol. The maximum atomic E-state index is 2.29. The molecule has 0 aromatic heterocycles. The van der Waals surface area contributed by atoms with Crippen molar-refractivity contribution in [1.82, 2.24) is 0 Å². The summed E-state index contributed by atoms with van der Waals surface area (Å²) in [5.74, 6) is 0.294. The van der Waals surface area contributed by atoms with Gasteiger partial charge in [0.15, 0.2) is 0 Å². The van der Waals surface area contributed by atoms with Crippen LogP contribution in [0, 0.1) is 20.8 Å². The highest BCUT2D eigenvalue weighted by Crippen LogP contribution is 2.36. The SMILES string of the molecule is Cc1cc(C)c(C(c2ccccc2)c2ccccc2)c(C)c1. The summed E-state index contributed by atoms with van der Waals surface area (Å²) >= 11 is 0. The van der Waals surface area contributed by atoms with Crippen LogP contribution in [0.15, 0.2) is 72.8 Å². The summed E-state index contributed by atoms with van der Waals surface area (Å²) in [5, 5.41) is 0. The Kier molecular flexibility index (Phi) is 4.11. The average molecular weight is 286 g/mol. The topological polar surface area (TPSA) is 0 Å². The summed E-state index contributed by atoms with van der Waals surface area (Å²) < 4.78 is 0. The molecule has 0 saturated heterocycles. The highest BCUT2D eigenvalue weighted by molar-refractivity contribution is 5.50. The number of hydrogen-bond donors (Lipinski definition) is 0. The van der Waals surface area contributed by atoms with Crippen molar-refractivity contribution in [1.29, 1.82) is 0 Å². The molecule has 0 heterocycles. The fourth-order valence-corrected chi connectivity index (χ4v) is 3.46. The Morgan fingerprint density at radius 1 is 0.591 bits per heavy atom. The zero-order valence-electron chi connectivity index (χ0n) is 13.5. The molecule has 0 bridgehead atoms. The van der Waals surface area contributed by atoms with Gasteiger partial charge in [0.2, 0.25) is 0 Å². The Balaban J connectivity index is 2.24. The van der Waals surface area contributed by atoms with Crippen molar-refractivity contribution in [3.63, 3.8) is 0 Å². The van der Waals surface area contributed by atoms with E-state index in [-0.39, 0.29) is 0 Å². The standard InChI is InChI=1S/C22H22/c1-16-14-17(2)21(18(3)15-16)22(19-10-6-4-7-11-19)20-12-8-5-9-13-20/h4-15,22H,1-3H3. The van der Waals surface area contributed by atoms with E-state index in [9.17, 15) is 0 Å². The molecule has 0 atom stereocenters. The molecule has 0 aliphatic rings. The molecule has 3 aromatic rings. The smallest absolute Gasteiger partial charge is 0.0345 e. The number of aryl methyl sites for hydroxylation is 3. The van der Waals surface area contributed by atoms with Gasteiger partial charge in [-0.15, -0.1) is 0 Å². The van der Waals surface area contributed by atoms with E-state index in [1.54, 1.807) is 0 Å². The molecule has 0 aliphatic carbocycles. The van der Waals surface area contributed by atoms with Crippen molar-refractivity contribution in [3.8, 4) is 0 Å². The van der Waals surface area contributed by atoms with E-state index in [1.165, 1.54) is 33.4 Å². The van der Waals surface area contributed by atoms with Crippen LogP contribution in [0.2, 0.25) is 0 Å². The van der Waals surface area contributed by atoms with Crippen LogP contribution in [0.1, 0.15) is 39.3 Å². The lowest BCUT2D eigenvalue weighted by molar-refractivity contribution is 0.945. The molecule has 0 nitrogen and oxygen atoms in total. The lowest BCUT2D eigenvalue weighted by Gasteiger charge is -2.23. The Bertz CT molecular complexity index is 692. The molecular weight excluding hydrogens is 264 g/mol. The zero-order valence-corrected chi connectivity index (χ0v) is 13.5. The predicted octanol–water partition coefficient (Wildman–Crippen LogP) is 5.79. The number of hydrogen-bond acceptors (Lipinski definition) is 0. The van der Waals surface area contributed by atoms with Gasteiger partial charge in [0.25, 0.3) is 0 Å². The third-order valence-electron chi connectivity index (χ3n) is 4.29. The van der Waals surface area contributed by atoms with Gasteiger partial charge >= 0.3 is 0 Å². The molecule has 22 heavy (non-hydrogen) atoms. The fraction of sp³-hybridized carbons (Fsp3) is 0.182. The van der Waals surface area contributed by atoms with Gasteiger partial charge in [-0.2, -0.15) is 0 Å². The second kappa shape index (κ2) is 6.19. The summed E-state index contributed by atoms with van der Waals surface area (Å²) in [6.07, 6.45) is 0. The lowest BCUT2D eigenvalue weighted by Crippen LogP contribution is -2.07. The maximum Gasteiger partial charge on any atom is 0.0345 e. The summed E-state index contributed by atoms with van der Waals surface area (Å²) in [5.41, 5.74) is 8.21. The first-order chi connectivity index (χ1) is 10.7. The van der Waals surface area contributed by atoms with Gasteiger partial charge in [-0.05, 0) is 48.6 Å². The average Bonchev–Trinajstić information content (AvgIpc) is 2.52. The normalized spacial score (nSPS) is 10.9. The van der Waals surface area contributed by atoms with Crippen molar-refractivity contribution in [2.24, 2.45) is 0 Å². The molecule has 0 N–H and O–H groups in total. The molecular formula is C22H22. The van der Waals surface area contributed by atoms with Crippen molar-refractivity contribution < 1.29 is 0 Å². The molecule has 3 aromatic carbocycles. The molecule has 0 radical (unpaired) electrons. The van der Waals surface area contributed by atoms with Crippen LogP contribution in [-0.2, 0) is 0 Å². The van der Waals surface area contributed by atoms with Crippen LogP contribution in [0.5, 0.6) is 0 Å². The molecule has 3 rings (SSSR count). The van der Waals surface area contributed by atoms with Crippen LogP contribution >= 0.6 is 0 Å². The molecule has 0 fully saturated rings. The Hall–Kier alpha value is -2.34. The summed E-state index contributed by atoms with van der Waals surface area (Å²) in [6, 6.07) is 26.2. The van der Waals surface area contributed by atoms with Crippen LogP contribution in [0.25, 0.3) is 0 Å². The van der Waals surface area contributed by atoms with Gasteiger partial charge in [0.1, 0.15) is 0 Å². The highest BCUT2D eigenvalue weighted by Gasteiger charge is 2.20. The molecule has 0 spiro atoms. The number of benzene rings is 3. The van der Waals surface area contributed by atoms with E-state index in [4.69, 9.17) is 0 Å². The maximum absolute atomic E-state index is 2.29. The van der Waals surface area contributed by atoms with Crippen molar-refractivity contribution >= 4 is 0 Å². The van der Waals surface area contributed by atoms with Crippen LogP contribution in [0.4, 0.5) is 0 Å². The summed E-state index contributed by atoms with van der Waals surface area (Å²) in [6.45, 7) is 6.63. The van der Waals surface area contributed by atoms with Gasteiger partial charge < -0.3 is 0 Å². The van der Waals surface area contributed by atoms with E-state index in [2.05, 4.69) is 93.6 Å². The van der Waals surface area contributed by atoms with E-state index in [0.717, 1.165) is 0 Å². The molecule has 0 amide bonds. The minimum absolute atomic E-state index is 0.294. The first kappa shape index (κ1) is 14.6. The monoisotopic (exact) mass is 286 g/mol. The van der Waals surface area contributed by atoms with Crippen molar-refractivity contribution in [2.75, 3.05) is 0 Å². The molecule has 0 aliphatic heterocycles. The van der Waals surface area contributed by atoms with Crippen molar-refractivity contribution in [3.05, 3.63) is 106 Å². The fourth-order valence-electron chi connectivity index (χ4n) is 3.46. The molecule has 0 unspecified atom stereocenters.